The molecule has 4 heterocycles. The van der Waals surface area contributed by atoms with Crippen molar-refractivity contribution in [3.05, 3.63) is 55.1 Å². The van der Waals surface area contributed by atoms with Crippen molar-refractivity contribution in [2.75, 3.05) is 56.2 Å². The van der Waals surface area contributed by atoms with E-state index in [-0.39, 0.29) is 11.8 Å². The third-order valence-corrected chi connectivity index (χ3v) is 5.96. The van der Waals surface area contributed by atoms with Gasteiger partial charge in [-0.2, -0.15) is 5.10 Å². The number of carbonyl (C=O) groups is 1. The number of rotatable bonds is 5. The summed E-state index contributed by atoms with van der Waals surface area (Å²) in [6, 6.07) is 11.8. The number of ether oxygens (including phenoxy) is 1. The Balaban J connectivity index is 1.14. The van der Waals surface area contributed by atoms with Crippen LogP contribution in [0.3, 0.4) is 0 Å². The van der Waals surface area contributed by atoms with Gasteiger partial charge in [-0.15, -0.1) is 0 Å². The van der Waals surface area contributed by atoms with Gasteiger partial charge in [0.05, 0.1) is 13.0 Å². The Morgan fingerprint density at radius 3 is 2.42 bits per heavy atom. The van der Waals surface area contributed by atoms with E-state index in [0.29, 0.717) is 13.1 Å². The Kier molecular flexibility index (Phi) is 5.15. The van der Waals surface area contributed by atoms with Crippen molar-refractivity contribution >= 4 is 17.4 Å². The first-order chi connectivity index (χ1) is 15.2. The molecule has 2 fully saturated rings. The zero-order chi connectivity index (χ0) is 21.2. The lowest BCUT2D eigenvalue weighted by atomic mass is 9.98. The molecule has 0 radical (unpaired) electrons. The molecule has 2 aliphatic heterocycles. The molecule has 160 valence electrons. The summed E-state index contributed by atoms with van der Waals surface area (Å²) >= 11 is 0. The molecule has 9 heteroatoms. The van der Waals surface area contributed by atoms with Crippen LogP contribution in [0.5, 0.6) is 5.75 Å². The Hall–Kier alpha value is -3.62. The minimum Gasteiger partial charge on any atom is -0.497 e. The van der Waals surface area contributed by atoms with E-state index in [1.165, 1.54) is 5.69 Å². The van der Waals surface area contributed by atoms with Gasteiger partial charge < -0.3 is 19.4 Å². The third-order valence-electron chi connectivity index (χ3n) is 5.96. The average Bonchev–Trinajstić information content (AvgIpc) is 3.34. The first-order valence-corrected chi connectivity index (χ1v) is 10.5. The first kappa shape index (κ1) is 19.3. The number of piperazine rings is 1. The number of hydrogen-bond donors (Lipinski definition) is 0. The molecule has 0 bridgehead atoms. The number of amides is 1. The second-order valence-corrected chi connectivity index (χ2v) is 7.80. The van der Waals surface area contributed by atoms with Crippen LogP contribution in [0.2, 0.25) is 0 Å². The van der Waals surface area contributed by atoms with Gasteiger partial charge in [0.2, 0.25) is 5.91 Å². The van der Waals surface area contributed by atoms with Crippen molar-refractivity contribution in [1.82, 2.24) is 24.6 Å². The molecule has 2 aliphatic rings. The quantitative estimate of drug-likeness (QED) is 0.619. The lowest BCUT2D eigenvalue weighted by Crippen LogP contribution is -2.58. The second-order valence-electron chi connectivity index (χ2n) is 7.80. The van der Waals surface area contributed by atoms with Gasteiger partial charge >= 0.3 is 0 Å². The van der Waals surface area contributed by atoms with Crippen molar-refractivity contribution in [1.29, 1.82) is 0 Å². The normalized spacial score (nSPS) is 16.9. The fourth-order valence-electron chi connectivity index (χ4n) is 4.10. The molecule has 9 nitrogen and oxygen atoms in total. The van der Waals surface area contributed by atoms with E-state index in [2.05, 4.69) is 37.0 Å². The molecule has 2 saturated heterocycles. The van der Waals surface area contributed by atoms with E-state index >= 15 is 0 Å². The third kappa shape index (κ3) is 3.90. The monoisotopic (exact) mass is 419 g/mol. The molecule has 0 saturated carbocycles. The summed E-state index contributed by atoms with van der Waals surface area (Å²) in [7, 11) is 1.67. The predicted octanol–water partition coefficient (Wildman–Crippen LogP) is 1.46. The number of carbonyl (C=O) groups excluding carboxylic acids is 1. The summed E-state index contributed by atoms with van der Waals surface area (Å²) in [5.74, 6) is 2.67. The van der Waals surface area contributed by atoms with Gasteiger partial charge in [-0.25, -0.2) is 14.6 Å². The largest absolute Gasteiger partial charge is 0.497 e. The zero-order valence-corrected chi connectivity index (χ0v) is 17.5. The number of nitrogens with zero attached hydrogens (tertiary/aromatic N) is 7. The van der Waals surface area contributed by atoms with Crippen molar-refractivity contribution in [3.8, 4) is 11.6 Å². The molecule has 31 heavy (non-hydrogen) atoms. The molecule has 1 amide bonds. The van der Waals surface area contributed by atoms with Crippen LogP contribution in [-0.2, 0) is 4.79 Å². The Bertz CT molecular complexity index is 1020. The standard InChI is InChI=1S/C22H25N7O2/c1-31-19-5-3-18(4-6-19)26-9-11-27(12-10-26)22(30)17-14-28(15-17)20-13-21(24-16-23-20)29-8-2-7-25-29/h2-8,13,16-17H,9-12,14-15H2,1H3. The summed E-state index contributed by atoms with van der Waals surface area (Å²) in [5, 5.41) is 4.21. The van der Waals surface area contributed by atoms with Gasteiger partial charge in [-0.3, -0.25) is 4.79 Å². The fraction of sp³-hybridized carbons (Fsp3) is 0.364. The molecule has 2 aromatic heterocycles. The van der Waals surface area contributed by atoms with Gasteiger partial charge in [0.15, 0.2) is 5.82 Å². The molecule has 0 unspecified atom stereocenters. The van der Waals surface area contributed by atoms with Crippen molar-refractivity contribution in [2.24, 2.45) is 5.92 Å². The molecular weight excluding hydrogens is 394 g/mol. The number of aromatic nitrogens is 4. The maximum atomic E-state index is 13.0. The summed E-state index contributed by atoms with van der Waals surface area (Å²) in [4.78, 5) is 28.0. The van der Waals surface area contributed by atoms with Crippen LogP contribution >= 0.6 is 0 Å². The maximum absolute atomic E-state index is 13.0. The van der Waals surface area contributed by atoms with Crippen LogP contribution in [0.25, 0.3) is 5.82 Å². The maximum Gasteiger partial charge on any atom is 0.229 e. The highest BCUT2D eigenvalue weighted by Gasteiger charge is 2.37. The van der Waals surface area contributed by atoms with Crippen molar-refractivity contribution < 1.29 is 9.53 Å². The van der Waals surface area contributed by atoms with Crippen LogP contribution < -0.4 is 14.5 Å². The zero-order valence-electron chi connectivity index (χ0n) is 17.5. The minimum atomic E-state index is 0.0238. The molecule has 1 aromatic carbocycles. The molecule has 0 N–H and O–H groups in total. The van der Waals surface area contributed by atoms with Gasteiger partial charge in [-0.05, 0) is 30.3 Å². The fourth-order valence-corrected chi connectivity index (χ4v) is 4.10. The Labute approximate surface area is 180 Å². The number of hydrogen-bond acceptors (Lipinski definition) is 7. The minimum absolute atomic E-state index is 0.0238. The van der Waals surface area contributed by atoms with Gasteiger partial charge in [0, 0.05) is 63.4 Å². The number of benzene rings is 1. The molecule has 5 rings (SSSR count). The number of methoxy groups -OCH3 is 1. The van der Waals surface area contributed by atoms with Gasteiger partial charge in [0.25, 0.3) is 0 Å². The van der Waals surface area contributed by atoms with E-state index in [1.54, 1.807) is 24.3 Å². The van der Waals surface area contributed by atoms with E-state index in [1.807, 2.05) is 35.4 Å². The summed E-state index contributed by atoms with van der Waals surface area (Å²) in [6.45, 7) is 4.55. The number of anilines is 2. The van der Waals surface area contributed by atoms with Crippen LogP contribution in [0.15, 0.2) is 55.1 Å². The molecular formula is C22H25N7O2. The van der Waals surface area contributed by atoms with E-state index in [0.717, 1.165) is 43.6 Å². The van der Waals surface area contributed by atoms with Gasteiger partial charge in [0.1, 0.15) is 17.9 Å². The highest BCUT2D eigenvalue weighted by molar-refractivity contribution is 5.82. The Morgan fingerprint density at radius 1 is 1.00 bits per heavy atom. The van der Waals surface area contributed by atoms with Gasteiger partial charge in [-0.1, -0.05) is 0 Å². The van der Waals surface area contributed by atoms with Crippen LogP contribution in [-0.4, -0.2) is 76.9 Å². The Morgan fingerprint density at radius 2 is 1.74 bits per heavy atom. The van der Waals surface area contributed by atoms with Crippen LogP contribution in [0, 0.1) is 5.92 Å². The van der Waals surface area contributed by atoms with E-state index < -0.39 is 0 Å². The van der Waals surface area contributed by atoms with Crippen LogP contribution in [0.1, 0.15) is 0 Å². The highest BCUT2D eigenvalue weighted by Crippen LogP contribution is 2.26. The molecule has 0 aliphatic carbocycles. The van der Waals surface area contributed by atoms with Crippen molar-refractivity contribution in [2.45, 2.75) is 0 Å². The topological polar surface area (TPSA) is 79.6 Å². The molecule has 3 aromatic rings. The highest BCUT2D eigenvalue weighted by atomic mass is 16.5. The molecule has 0 atom stereocenters. The summed E-state index contributed by atoms with van der Waals surface area (Å²) in [5.41, 5.74) is 1.17. The lowest BCUT2D eigenvalue weighted by Gasteiger charge is -2.43. The van der Waals surface area contributed by atoms with E-state index in [9.17, 15) is 4.79 Å². The SMILES string of the molecule is COc1ccc(N2CCN(C(=O)C3CN(c4cc(-n5cccn5)ncn4)C3)CC2)cc1. The second kappa shape index (κ2) is 8.25. The molecule has 0 spiro atoms. The average molecular weight is 419 g/mol. The first-order valence-electron chi connectivity index (χ1n) is 10.5. The summed E-state index contributed by atoms with van der Waals surface area (Å²) < 4.78 is 6.93. The smallest absolute Gasteiger partial charge is 0.229 e. The predicted molar refractivity (Wildman–Crippen MR) is 117 cm³/mol. The summed E-state index contributed by atoms with van der Waals surface area (Å²) in [6.07, 6.45) is 5.11. The van der Waals surface area contributed by atoms with E-state index in [4.69, 9.17) is 4.74 Å². The van der Waals surface area contributed by atoms with Crippen LogP contribution in [0.4, 0.5) is 11.5 Å². The lowest BCUT2D eigenvalue weighted by molar-refractivity contribution is -0.136. The van der Waals surface area contributed by atoms with Crippen molar-refractivity contribution in [3.63, 3.8) is 0 Å².